The SMILES string of the molecule is CC(C)Oc1nc(N)nc(NC(C)c2cccc(Br)c2)n1. The molecule has 1 unspecified atom stereocenters. The number of hydrogen-bond donors (Lipinski definition) is 2. The molecule has 0 aliphatic carbocycles. The summed E-state index contributed by atoms with van der Waals surface area (Å²) in [5, 5.41) is 3.20. The van der Waals surface area contributed by atoms with E-state index in [9.17, 15) is 0 Å². The molecule has 0 saturated heterocycles. The van der Waals surface area contributed by atoms with Crippen LogP contribution in [0.1, 0.15) is 32.4 Å². The van der Waals surface area contributed by atoms with Crippen molar-refractivity contribution in [3.05, 3.63) is 34.3 Å². The van der Waals surface area contributed by atoms with Gasteiger partial charge in [-0.05, 0) is 38.5 Å². The first-order valence-electron chi connectivity index (χ1n) is 6.64. The van der Waals surface area contributed by atoms with E-state index >= 15 is 0 Å². The summed E-state index contributed by atoms with van der Waals surface area (Å²) in [5.41, 5.74) is 6.79. The molecule has 1 atom stereocenters. The minimum absolute atomic E-state index is 0.0243. The Balaban J connectivity index is 2.17. The second-order valence-electron chi connectivity index (χ2n) is 4.89. The highest BCUT2D eigenvalue weighted by Gasteiger charge is 2.11. The van der Waals surface area contributed by atoms with Crippen molar-refractivity contribution in [2.24, 2.45) is 0 Å². The molecule has 0 amide bonds. The van der Waals surface area contributed by atoms with Gasteiger partial charge in [-0.1, -0.05) is 28.1 Å². The van der Waals surface area contributed by atoms with Gasteiger partial charge in [0.15, 0.2) is 0 Å². The number of halogens is 1. The van der Waals surface area contributed by atoms with E-state index in [1.54, 1.807) is 0 Å². The van der Waals surface area contributed by atoms with Gasteiger partial charge in [-0.2, -0.15) is 15.0 Å². The first-order chi connectivity index (χ1) is 9.94. The summed E-state index contributed by atoms with van der Waals surface area (Å²) in [6.45, 7) is 5.82. The van der Waals surface area contributed by atoms with E-state index in [1.165, 1.54) is 0 Å². The van der Waals surface area contributed by atoms with Crippen LogP contribution in [-0.2, 0) is 0 Å². The Morgan fingerprint density at radius 1 is 1.19 bits per heavy atom. The predicted molar refractivity (Wildman–Crippen MR) is 86.2 cm³/mol. The van der Waals surface area contributed by atoms with Crippen molar-refractivity contribution in [1.82, 2.24) is 15.0 Å². The molecule has 1 aromatic carbocycles. The van der Waals surface area contributed by atoms with Crippen molar-refractivity contribution in [2.75, 3.05) is 11.1 Å². The Labute approximate surface area is 132 Å². The summed E-state index contributed by atoms with van der Waals surface area (Å²) >= 11 is 3.46. The topological polar surface area (TPSA) is 86.0 Å². The Morgan fingerprint density at radius 3 is 2.62 bits per heavy atom. The lowest BCUT2D eigenvalue weighted by Crippen LogP contribution is -2.14. The molecule has 6 nitrogen and oxygen atoms in total. The molecule has 2 rings (SSSR count). The van der Waals surface area contributed by atoms with Gasteiger partial charge in [-0.15, -0.1) is 0 Å². The molecule has 0 fully saturated rings. The predicted octanol–water partition coefficient (Wildman–Crippen LogP) is 3.18. The van der Waals surface area contributed by atoms with Crippen LogP contribution in [0.25, 0.3) is 0 Å². The van der Waals surface area contributed by atoms with Gasteiger partial charge >= 0.3 is 6.01 Å². The van der Waals surface area contributed by atoms with Crippen LogP contribution in [-0.4, -0.2) is 21.1 Å². The molecule has 0 aliphatic rings. The summed E-state index contributed by atoms with van der Waals surface area (Å²) < 4.78 is 6.47. The first kappa shape index (κ1) is 15.5. The van der Waals surface area contributed by atoms with Crippen LogP contribution >= 0.6 is 15.9 Å². The lowest BCUT2D eigenvalue weighted by atomic mass is 10.1. The van der Waals surface area contributed by atoms with E-state index in [2.05, 4.69) is 36.2 Å². The van der Waals surface area contributed by atoms with E-state index in [0.29, 0.717) is 5.95 Å². The van der Waals surface area contributed by atoms with E-state index in [1.807, 2.05) is 45.0 Å². The van der Waals surface area contributed by atoms with Gasteiger partial charge in [0.2, 0.25) is 11.9 Å². The number of nitrogens with zero attached hydrogens (tertiary/aromatic N) is 3. The fraction of sp³-hybridized carbons (Fsp3) is 0.357. The third-order valence-electron chi connectivity index (χ3n) is 2.67. The molecule has 21 heavy (non-hydrogen) atoms. The highest BCUT2D eigenvalue weighted by molar-refractivity contribution is 9.10. The zero-order valence-electron chi connectivity index (χ0n) is 12.2. The minimum atomic E-state index is -0.0258. The van der Waals surface area contributed by atoms with Gasteiger partial charge < -0.3 is 15.8 Å². The zero-order chi connectivity index (χ0) is 15.4. The van der Waals surface area contributed by atoms with E-state index in [-0.39, 0.29) is 24.1 Å². The summed E-state index contributed by atoms with van der Waals surface area (Å²) in [5.74, 6) is 0.523. The van der Waals surface area contributed by atoms with Crippen molar-refractivity contribution < 1.29 is 4.74 Å². The van der Waals surface area contributed by atoms with Crippen molar-refractivity contribution >= 4 is 27.8 Å². The monoisotopic (exact) mass is 351 g/mol. The molecule has 7 heteroatoms. The van der Waals surface area contributed by atoms with Gasteiger partial charge in [0.05, 0.1) is 12.1 Å². The van der Waals surface area contributed by atoms with Gasteiger partial charge in [0.1, 0.15) is 0 Å². The molecule has 2 aromatic rings. The maximum absolute atomic E-state index is 5.68. The molecular formula is C14H18BrN5O. The maximum atomic E-state index is 5.68. The van der Waals surface area contributed by atoms with Crippen LogP contribution in [0, 0.1) is 0 Å². The fourth-order valence-electron chi connectivity index (χ4n) is 1.75. The maximum Gasteiger partial charge on any atom is 0.323 e. The lowest BCUT2D eigenvalue weighted by Gasteiger charge is -2.15. The molecule has 1 heterocycles. The van der Waals surface area contributed by atoms with Crippen LogP contribution in [0.2, 0.25) is 0 Å². The summed E-state index contributed by atoms with van der Waals surface area (Å²) in [6.07, 6.45) is -0.0258. The largest absolute Gasteiger partial charge is 0.461 e. The average molecular weight is 352 g/mol. The number of nitrogen functional groups attached to an aromatic ring is 1. The highest BCUT2D eigenvalue weighted by Crippen LogP contribution is 2.21. The molecule has 0 radical (unpaired) electrons. The van der Waals surface area contributed by atoms with Gasteiger partial charge in [0, 0.05) is 4.47 Å². The van der Waals surface area contributed by atoms with Crippen molar-refractivity contribution in [1.29, 1.82) is 0 Å². The van der Waals surface area contributed by atoms with Crippen molar-refractivity contribution in [3.63, 3.8) is 0 Å². The van der Waals surface area contributed by atoms with Crippen LogP contribution < -0.4 is 15.8 Å². The number of anilines is 2. The molecule has 0 saturated carbocycles. The number of ether oxygens (including phenoxy) is 1. The highest BCUT2D eigenvalue weighted by atomic mass is 79.9. The Bertz CT molecular complexity index is 620. The zero-order valence-corrected chi connectivity index (χ0v) is 13.8. The van der Waals surface area contributed by atoms with E-state index in [4.69, 9.17) is 10.5 Å². The van der Waals surface area contributed by atoms with E-state index in [0.717, 1.165) is 10.0 Å². The summed E-state index contributed by atoms with van der Waals surface area (Å²) in [4.78, 5) is 12.3. The standard InChI is InChI=1S/C14H18BrN5O/c1-8(2)21-14-19-12(16)18-13(20-14)17-9(3)10-5-4-6-11(15)7-10/h4-9H,1-3H3,(H3,16,17,18,19,20). The van der Waals surface area contributed by atoms with Gasteiger partial charge in [-0.25, -0.2) is 0 Å². The first-order valence-corrected chi connectivity index (χ1v) is 7.43. The molecule has 0 aliphatic heterocycles. The summed E-state index contributed by atoms with van der Waals surface area (Å²) in [6, 6.07) is 8.27. The number of benzene rings is 1. The molecule has 1 aromatic heterocycles. The lowest BCUT2D eigenvalue weighted by molar-refractivity contribution is 0.222. The van der Waals surface area contributed by atoms with Crippen LogP contribution in [0.15, 0.2) is 28.7 Å². The molecular weight excluding hydrogens is 334 g/mol. The number of nitrogens with one attached hydrogen (secondary N) is 1. The van der Waals surface area contributed by atoms with Crippen LogP contribution in [0.3, 0.4) is 0 Å². The average Bonchev–Trinajstić information content (AvgIpc) is 2.37. The van der Waals surface area contributed by atoms with Crippen molar-refractivity contribution in [3.8, 4) is 6.01 Å². The number of rotatable bonds is 5. The molecule has 0 spiro atoms. The normalized spacial score (nSPS) is 12.2. The minimum Gasteiger partial charge on any atom is -0.461 e. The fourth-order valence-corrected chi connectivity index (χ4v) is 2.17. The second-order valence-corrected chi connectivity index (χ2v) is 5.80. The van der Waals surface area contributed by atoms with Gasteiger partial charge in [-0.3, -0.25) is 0 Å². The third-order valence-corrected chi connectivity index (χ3v) is 3.16. The van der Waals surface area contributed by atoms with E-state index < -0.39 is 0 Å². The summed E-state index contributed by atoms with van der Waals surface area (Å²) in [7, 11) is 0. The van der Waals surface area contributed by atoms with Gasteiger partial charge in [0.25, 0.3) is 0 Å². The third kappa shape index (κ3) is 4.56. The number of aromatic nitrogens is 3. The number of hydrogen-bond acceptors (Lipinski definition) is 6. The quantitative estimate of drug-likeness (QED) is 0.860. The molecule has 112 valence electrons. The van der Waals surface area contributed by atoms with Crippen LogP contribution in [0.4, 0.5) is 11.9 Å². The smallest absolute Gasteiger partial charge is 0.323 e. The second kappa shape index (κ2) is 6.71. The number of nitrogens with two attached hydrogens (primary N) is 1. The van der Waals surface area contributed by atoms with Crippen molar-refractivity contribution in [2.45, 2.75) is 32.9 Å². The Morgan fingerprint density at radius 2 is 1.95 bits per heavy atom. The molecule has 3 N–H and O–H groups in total. The Hall–Kier alpha value is -1.89. The van der Waals surface area contributed by atoms with Crippen LogP contribution in [0.5, 0.6) is 6.01 Å². The Kier molecular flexibility index (Phi) is 4.95. The molecule has 0 bridgehead atoms.